The fourth-order valence-electron chi connectivity index (χ4n) is 1.33. The van der Waals surface area contributed by atoms with Gasteiger partial charge in [-0.05, 0) is 28.1 Å². The second kappa shape index (κ2) is 3.69. The van der Waals surface area contributed by atoms with Crippen LogP contribution >= 0.6 is 33.9 Å². The van der Waals surface area contributed by atoms with Gasteiger partial charge < -0.3 is 15.8 Å². The molecule has 0 aliphatic rings. The molecule has 0 atom stereocenters. The molecule has 0 fully saturated rings. The van der Waals surface area contributed by atoms with Gasteiger partial charge in [0.25, 0.3) is 0 Å². The summed E-state index contributed by atoms with van der Waals surface area (Å²) in [6.45, 7) is 0. The number of nitrogens with two attached hydrogens (primary N) is 1. The van der Waals surface area contributed by atoms with E-state index in [0.717, 1.165) is 13.0 Å². The minimum atomic E-state index is -1.44. The van der Waals surface area contributed by atoms with E-state index >= 15 is 0 Å². The van der Waals surface area contributed by atoms with Crippen LogP contribution in [0.25, 0.3) is 10.1 Å². The minimum Gasteiger partial charge on any atom is -0.423 e. The van der Waals surface area contributed by atoms with Crippen molar-refractivity contribution >= 4 is 62.3 Å². The zero-order valence-electron chi connectivity index (χ0n) is 7.07. The predicted molar refractivity (Wildman–Crippen MR) is 68.8 cm³/mol. The molecule has 0 spiro atoms. The molecule has 0 unspecified atom stereocenters. The summed E-state index contributed by atoms with van der Waals surface area (Å²) in [5.74, 6) is 0. The van der Waals surface area contributed by atoms with E-state index in [1.807, 2.05) is 6.07 Å². The van der Waals surface area contributed by atoms with Gasteiger partial charge in [0.15, 0.2) is 0 Å². The molecule has 0 aliphatic heterocycles. The summed E-state index contributed by atoms with van der Waals surface area (Å²) >= 11 is 3.62. The topological polar surface area (TPSA) is 66.5 Å². The van der Waals surface area contributed by atoms with Gasteiger partial charge in [-0.1, -0.05) is 18.2 Å². The van der Waals surface area contributed by atoms with E-state index in [0.29, 0.717) is 11.2 Å². The normalized spacial score (nSPS) is 10.8. The Kier molecular flexibility index (Phi) is 2.69. The Bertz CT molecular complexity index is 485. The monoisotopic (exact) mass is 319 g/mol. The van der Waals surface area contributed by atoms with E-state index in [2.05, 4.69) is 22.6 Å². The maximum atomic E-state index is 9.14. The summed E-state index contributed by atoms with van der Waals surface area (Å²) in [4.78, 5) is 0. The Morgan fingerprint density at radius 3 is 2.71 bits per heavy atom. The molecule has 1 heterocycles. The van der Waals surface area contributed by atoms with Crippen LogP contribution in [0, 0.1) is 2.88 Å². The molecule has 1 aromatic heterocycles. The molecule has 72 valence electrons. The maximum Gasteiger partial charge on any atom is 0.489 e. The molecule has 6 heteroatoms. The molecule has 1 aromatic carbocycles. The Hall–Kier alpha value is -0.305. The standard InChI is InChI=1S/C8H7BINO2S/c10-8-6(11)4-2-1-3-5(9(12)13)7(4)14-8/h1-3,12-13H,11H2. The van der Waals surface area contributed by atoms with Crippen LogP contribution in [0.15, 0.2) is 18.2 Å². The van der Waals surface area contributed by atoms with E-state index in [9.17, 15) is 0 Å². The first kappa shape index (κ1) is 10.2. The van der Waals surface area contributed by atoms with Gasteiger partial charge in [0.1, 0.15) is 0 Å². The highest BCUT2D eigenvalue weighted by Crippen LogP contribution is 2.33. The molecule has 0 saturated carbocycles. The van der Waals surface area contributed by atoms with Gasteiger partial charge >= 0.3 is 7.12 Å². The smallest absolute Gasteiger partial charge is 0.423 e. The van der Waals surface area contributed by atoms with Gasteiger partial charge in [0.05, 0.1) is 8.57 Å². The van der Waals surface area contributed by atoms with Crippen molar-refractivity contribution < 1.29 is 10.0 Å². The van der Waals surface area contributed by atoms with Gasteiger partial charge in [-0.25, -0.2) is 0 Å². The molecule has 14 heavy (non-hydrogen) atoms. The van der Waals surface area contributed by atoms with Crippen LogP contribution in [0.3, 0.4) is 0 Å². The second-order valence-electron chi connectivity index (χ2n) is 2.89. The average Bonchev–Trinajstić information content (AvgIpc) is 2.43. The molecule has 2 aromatic rings. The number of rotatable bonds is 1. The van der Waals surface area contributed by atoms with Crippen molar-refractivity contribution in [3.63, 3.8) is 0 Å². The lowest BCUT2D eigenvalue weighted by Crippen LogP contribution is -2.29. The van der Waals surface area contributed by atoms with Crippen LogP contribution in [-0.2, 0) is 0 Å². The minimum absolute atomic E-state index is 0.516. The summed E-state index contributed by atoms with van der Waals surface area (Å²) in [6, 6.07) is 5.35. The van der Waals surface area contributed by atoms with Gasteiger partial charge in [0, 0.05) is 10.1 Å². The SMILES string of the molecule is Nc1c(I)sc2c(B(O)O)cccc12. The predicted octanol–water partition coefficient (Wildman–Crippen LogP) is 0.768. The summed E-state index contributed by atoms with van der Waals surface area (Å²) in [5.41, 5.74) is 7.08. The van der Waals surface area contributed by atoms with Crippen molar-refractivity contribution in [2.45, 2.75) is 0 Å². The summed E-state index contributed by atoms with van der Waals surface area (Å²) < 4.78 is 1.83. The van der Waals surface area contributed by atoms with Crippen molar-refractivity contribution in [3.05, 3.63) is 21.1 Å². The first-order chi connectivity index (χ1) is 6.61. The number of thiophene rings is 1. The highest BCUT2D eigenvalue weighted by atomic mass is 127. The highest BCUT2D eigenvalue weighted by Gasteiger charge is 2.17. The fraction of sp³-hybridized carbons (Fsp3) is 0. The Balaban J connectivity index is 2.81. The summed E-state index contributed by atoms with van der Waals surface area (Å²) in [7, 11) is -1.44. The third kappa shape index (κ3) is 1.52. The van der Waals surface area contributed by atoms with E-state index in [-0.39, 0.29) is 0 Å². The number of fused-ring (bicyclic) bond motifs is 1. The molecule has 0 amide bonds. The summed E-state index contributed by atoms with van der Waals surface area (Å²) in [5, 5.41) is 19.2. The third-order valence-electron chi connectivity index (χ3n) is 2.02. The number of hydrogen-bond acceptors (Lipinski definition) is 4. The molecule has 0 radical (unpaired) electrons. The quantitative estimate of drug-likeness (QED) is 0.537. The zero-order valence-corrected chi connectivity index (χ0v) is 10.0. The lowest BCUT2D eigenvalue weighted by Gasteiger charge is -2.00. The number of anilines is 1. The molecule has 3 nitrogen and oxygen atoms in total. The molecule has 0 aliphatic carbocycles. The van der Waals surface area contributed by atoms with E-state index in [4.69, 9.17) is 15.8 Å². The maximum absolute atomic E-state index is 9.14. The van der Waals surface area contributed by atoms with Crippen molar-refractivity contribution in [1.82, 2.24) is 0 Å². The van der Waals surface area contributed by atoms with Crippen LogP contribution in [0.5, 0.6) is 0 Å². The van der Waals surface area contributed by atoms with Crippen molar-refractivity contribution in [2.75, 3.05) is 5.73 Å². The second-order valence-corrected chi connectivity index (χ2v) is 5.72. The van der Waals surface area contributed by atoms with Crippen molar-refractivity contribution in [1.29, 1.82) is 0 Å². The first-order valence-electron chi connectivity index (χ1n) is 3.93. The van der Waals surface area contributed by atoms with E-state index < -0.39 is 7.12 Å². The van der Waals surface area contributed by atoms with Crippen molar-refractivity contribution in [3.8, 4) is 0 Å². The number of benzene rings is 1. The van der Waals surface area contributed by atoms with Crippen molar-refractivity contribution in [2.24, 2.45) is 0 Å². The van der Waals surface area contributed by atoms with Crippen LogP contribution < -0.4 is 11.2 Å². The number of nitrogen functional groups attached to an aromatic ring is 1. The third-order valence-corrected chi connectivity index (χ3v) is 4.32. The van der Waals surface area contributed by atoms with Gasteiger partial charge in [-0.3, -0.25) is 0 Å². The average molecular weight is 319 g/mol. The lowest BCUT2D eigenvalue weighted by molar-refractivity contribution is 0.426. The summed E-state index contributed by atoms with van der Waals surface area (Å²) in [6.07, 6.45) is 0. The molecular formula is C8H7BINO2S. The lowest BCUT2D eigenvalue weighted by atomic mass is 9.80. The Morgan fingerprint density at radius 1 is 1.36 bits per heavy atom. The number of halogens is 1. The Morgan fingerprint density at radius 2 is 2.07 bits per heavy atom. The van der Waals surface area contributed by atoms with E-state index in [1.165, 1.54) is 11.3 Å². The largest absolute Gasteiger partial charge is 0.489 e. The highest BCUT2D eigenvalue weighted by molar-refractivity contribution is 14.1. The van der Waals surface area contributed by atoms with Crippen LogP contribution in [0.1, 0.15) is 0 Å². The van der Waals surface area contributed by atoms with Crippen LogP contribution in [0.2, 0.25) is 0 Å². The molecule has 0 saturated heterocycles. The Labute approximate surface area is 98.8 Å². The molecule has 2 rings (SSSR count). The first-order valence-corrected chi connectivity index (χ1v) is 5.83. The van der Waals surface area contributed by atoms with Gasteiger partial charge in [-0.2, -0.15) is 0 Å². The molecule has 0 bridgehead atoms. The zero-order chi connectivity index (χ0) is 10.3. The van der Waals surface area contributed by atoms with E-state index in [1.54, 1.807) is 12.1 Å². The van der Waals surface area contributed by atoms with Crippen LogP contribution in [0.4, 0.5) is 5.69 Å². The van der Waals surface area contributed by atoms with Crippen LogP contribution in [-0.4, -0.2) is 17.2 Å². The number of hydrogen-bond donors (Lipinski definition) is 3. The van der Waals surface area contributed by atoms with Gasteiger partial charge in [-0.15, -0.1) is 11.3 Å². The fourth-order valence-corrected chi connectivity index (χ4v) is 3.26. The van der Waals surface area contributed by atoms with Gasteiger partial charge in [0.2, 0.25) is 0 Å². The molecular weight excluding hydrogens is 312 g/mol. The molecule has 4 N–H and O–H groups in total.